The van der Waals surface area contributed by atoms with Crippen LogP contribution in [0.4, 0.5) is 18.9 Å². The summed E-state index contributed by atoms with van der Waals surface area (Å²) < 4.78 is 46.5. The Balaban J connectivity index is 1.24. The first-order chi connectivity index (χ1) is 18.3. The maximum absolute atomic E-state index is 13.0. The van der Waals surface area contributed by atoms with Crippen molar-refractivity contribution >= 4 is 22.5 Å². The van der Waals surface area contributed by atoms with Gasteiger partial charge in [-0.3, -0.25) is 9.48 Å². The standard InChI is InChI=1S/C27H33F3N6O2/c1-38-24-16-22-19(15-23(24)33-26(37)21-3-2-4-25(32-21)27(28,29)30)17-36(34-22)20-7-5-18(6-8-20)9-12-35-13-10-31-11-14-35/h2-4,15-18,20,31H,5-14H2,1H3,(H,33,37). The Kier molecular flexibility index (Phi) is 7.85. The molecule has 1 aliphatic heterocycles. The maximum Gasteiger partial charge on any atom is 0.433 e. The zero-order valence-corrected chi connectivity index (χ0v) is 21.4. The first kappa shape index (κ1) is 26.4. The Hall–Kier alpha value is -3.18. The van der Waals surface area contributed by atoms with Crippen LogP contribution < -0.4 is 15.4 Å². The van der Waals surface area contributed by atoms with Crippen molar-refractivity contribution in [1.82, 2.24) is 25.0 Å². The molecule has 11 heteroatoms. The zero-order chi connectivity index (χ0) is 26.7. The number of ether oxygens (including phenoxy) is 1. The van der Waals surface area contributed by atoms with E-state index in [0.717, 1.165) is 68.0 Å². The summed E-state index contributed by atoms with van der Waals surface area (Å²) in [6.07, 6.45) is 3.09. The molecule has 1 saturated carbocycles. The number of halogens is 3. The van der Waals surface area contributed by atoms with E-state index >= 15 is 0 Å². The first-order valence-corrected chi connectivity index (χ1v) is 13.2. The first-order valence-electron chi connectivity index (χ1n) is 13.2. The summed E-state index contributed by atoms with van der Waals surface area (Å²) in [7, 11) is 1.47. The largest absolute Gasteiger partial charge is 0.494 e. The van der Waals surface area contributed by atoms with Crippen LogP contribution in [0.2, 0.25) is 0 Å². The van der Waals surface area contributed by atoms with Gasteiger partial charge in [-0.05, 0) is 62.8 Å². The molecule has 1 saturated heterocycles. The molecule has 2 aromatic heterocycles. The minimum absolute atomic E-state index is 0.316. The lowest BCUT2D eigenvalue weighted by molar-refractivity contribution is -0.141. The number of benzene rings is 1. The normalized spacial score (nSPS) is 20.9. The Labute approximate surface area is 219 Å². The highest BCUT2D eigenvalue weighted by Crippen LogP contribution is 2.36. The molecule has 2 N–H and O–H groups in total. The van der Waals surface area contributed by atoms with Crippen molar-refractivity contribution < 1.29 is 22.7 Å². The van der Waals surface area contributed by atoms with Gasteiger partial charge in [-0.15, -0.1) is 0 Å². The molecule has 0 radical (unpaired) electrons. The number of aromatic nitrogens is 3. The van der Waals surface area contributed by atoms with Crippen molar-refractivity contribution in [3.63, 3.8) is 0 Å². The number of pyridine rings is 1. The van der Waals surface area contributed by atoms with Crippen molar-refractivity contribution in [2.75, 3.05) is 45.2 Å². The van der Waals surface area contributed by atoms with E-state index in [-0.39, 0.29) is 5.69 Å². The van der Waals surface area contributed by atoms with Crippen LogP contribution >= 0.6 is 0 Å². The third kappa shape index (κ3) is 6.10. The van der Waals surface area contributed by atoms with E-state index in [9.17, 15) is 18.0 Å². The van der Waals surface area contributed by atoms with Crippen molar-refractivity contribution in [3.8, 4) is 5.75 Å². The van der Waals surface area contributed by atoms with E-state index in [1.54, 1.807) is 12.1 Å². The fraction of sp³-hybridized carbons (Fsp3) is 0.519. The second-order valence-electron chi connectivity index (χ2n) is 10.1. The van der Waals surface area contributed by atoms with Crippen molar-refractivity contribution in [2.24, 2.45) is 5.92 Å². The average Bonchev–Trinajstić information content (AvgIpc) is 3.35. The molecule has 2 fully saturated rings. The minimum Gasteiger partial charge on any atom is -0.494 e. The second kappa shape index (κ2) is 11.3. The predicted octanol–water partition coefficient (Wildman–Crippen LogP) is 4.74. The van der Waals surface area contributed by atoms with Gasteiger partial charge in [0.05, 0.1) is 24.4 Å². The van der Waals surface area contributed by atoms with Gasteiger partial charge in [0.15, 0.2) is 0 Å². The molecule has 5 rings (SSSR count). The maximum atomic E-state index is 13.0. The number of nitrogens with one attached hydrogen (secondary N) is 2. The lowest BCUT2D eigenvalue weighted by Gasteiger charge is -2.32. The molecule has 0 atom stereocenters. The summed E-state index contributed by atoms with van der Waals surface area (Å²) in [5, 5.41) is 11.6. The Morgan fingerprint density at radius 1 is 1.16 bits per heavy atom. The molecule has 0 spiro atoms. The number of alkyl halides is 3. The number of piperazine rings is 1. The highest BCUT2D eigenvalue weighted by Gasteiger charge is 2.33. The summed E-state index contributed by atoms with van der Waals surface area (Å²) in [4.78, 5) is 18.7. The number of methoxy groups -OCH3 is 1. The van der Waals surface area contributed by atoms with Crippen LogP contribution in [0.1, 0.15) is 54.3 Å². The number of nitrogens with zero attached hydrogens (tertiary/aromatic N) is 4. The summed E-state index contributed by atoms with van der Waals surface area (Å²) in [6, 6.07) is 7.03. The van der Waals surface area contributed by atoms with E-state index < -0.39 is 17.8 Å². The average molecular weight is 531 g/mol. The molecule has 0 unspecified atom stereocenters. The highest BCUT2D eigenvalue weighted by molar-refractivity contribution is 6.05. The molecule has 0 bridgehead atoms. The number of carbonyl (C=O) groups is 1. The topological polar surface area (TPSA) is 84.3 Å². The van der Waals surface area contributed by atoms with Gasteiger partial charge in [0.1, 0.15) is 17.1 Å². The minimum atomic E-state index is -4.63. The van der Waals surface area contributed by atoms with E-state index in [1.807, 2.05) is 10.9 Å². The Bertz CT molecular complexity index is 1260. The molecule has 8 nitrogen and oxygen atoms in total. The monoisotopic (exact) mass is 530 g/mol. The molecule has 1 aliphatic carbocycles. The summed E-state index contributed by atoms with van der Waals surface area (Å²) in [6.45, 7) is 5.61. The van der Waals surface area contributed by atoms with Crippen molar-refractivity contribution in [1.29, 1.82) is 0 Å². The van der Waals surface area contributed by atoms with Crippen LogP contribution in [0.15, 0.2) is 36.5 Å². The molecular weight excluding hydrogens is 497 g/mol. The predicted molar refractivity (Wildman–Crippen MR) is 138 cm³/mol. The second-order valence-corrected chi connectivity index (χ2v) is 10.1. The van der Waals surface area contributed by atoms with Gasteiger partial charge in [0, 0.05) is 43.8 Å². The van der Waals surface area contributed by atoms with Gasteiger partial charge < -0.3 is 20.3 Å². The molecular formula is C27H33F3N6O2. The fourth-order valence-electron chi connectivity index (χ4n) is 5.43. The smallest absolute Gasteiger partial charge is 0.433 e. The molecule has 38 heavy (non-hydrogen) atoms. The Morgan fingerprint density at radius 3 is 2.63 bits per heavy atom. The number of carbonyl (C=O) groups excluding carboxylic acids is 1. The van der Waals surface area contributed by atoms with Crippen LogP contribution in [-0.2, 0) is 6.18 Å². The number of hydrogen-bond donors (Lipinski definition) is 2. The molecule has 204 valence electrons. The Morgan fingerprint density at radius 2 is 1.92 bits per heavy atom. The molecule has 2 aliphatic rings. The van der Waals surface area contributed by atoms with Crippen LogP contribution in [0.5, 0.6) is 5.75 Å². The zero-order valence-electron chi connectivity index (χ0n) is 21.4. The van der Waals surface area contributed by atoms with E-state index in [1.165, 1.54) is 39.0 Å². The van der Waals surface area contributed by atoms with Crippen LogP contribution in [0.3, 0.4) is 0 Å². The lowest BCUT2D eigenvalue weighted by atomic mass is 9.84. The van der Waals surface area contributed by atoms with Crippen LogP contribution in [-0.4, -0.2) is 65.4 Å². The quantitative estimate of drug-likeness (QED) is 0.459. The lowest BCUT2D eigenvalue weighted by Crippen LogP contribution is -2.44. The van der Waals surface area contributed by atoms with E-state index in [4.69, 9.17) is 9.84 Å². The van der Waals surface area contributed by atoms with Gasteiger partial charge in [-0.25, -0.2) is 4.98 Å². The molecule has 1 aromatic carbocycles. The van der Waals surface area contributed by atoms with E-state index in [2.05, 4.69) is 20.5 Å². The SMILES string of the molecule is COc1cc2nn(C3CCC(CCN4CCNCC4)CC3)cc2cc1NC(=O)c1cccc(C(F)(F)F)n1. The summed E-state index contributed by atoms with van der Waals surface area (Å²) in [5.41, 5.74) is -0.364. The van der Waals surface area contributed by atoms with Crippen molar-refractivity contribution in [2.45, 2.75) is 44.3 Å². The third-order valence-electron chi connectivity index (χ3n) is 7.62. The molecule has 3 heterocycles. The summed E-state index contributed by atoms with van der Waals surface area (Å²) >= 11 is 0. The van der Waals surface area contributed by atoms with Gasteiger partial charge in [-0.2, -0.15) is 18.3 Å². The van der Waals surface area contributed by atoms with E-state index in [0.29, 0.717) is 17.5 Å². The fourth-order valence-corrected chi connectivity index (χ4v) is 5.43. The summed E-state index contributed by atoms with van der Waals surface area (Å²) in [5.74, 6) is 0.373. The number of anilines is 1. The van der Waals surface area contributed by atoms with Gasteiger partial charge in [0.2, 0.25) is 0 Å². The number of hydrogen-bond acceptors (Lipinski definition) is 6. The number of rotatable bonds is 7. The van der Waals surface area contributed by atoms with Crippen LogP contribution in [0, 0.1) is 5.92 Å². The third-order valence-corrected chi connectivity index (χ3v) is 7.62. The molecule has 3 aromatic rings. The number of fused-ring (bicyclic) bond motifs is 1. The highest BCUT2D eigenvalue weighted by atomic mass is 19.4. The molecule has 1 amide bonds. The van der Waals surface area contributed by atoms with Gasteiger partial charge >= 0.3 is 6.18 Å². The van der Waals surface area contributed by atoms with Crippen molar-refractivity contribution in [3.05, 3.63) is 47.9 Å². The van der Waals surface area contributed by atoms with Crippen LogP contribution in [0.25, 0.3) is 10.9 Å². The van der Waals surface area contributed by atoms with Gasteiger partial charge in [0.25, 0.3) is 5.91 Å². The van der Waals surface area contributed by atoms with Gasteiger partial charge in [-0.1, -0.05) is 6.07 Å². The number of amides is 1.